The van der Waals surface area contributed by atoms with Gasteiger partial charge < -0.3 is 4.74 Å². The van der Waals surface area contributed by atoms with Gasteiger partial charge in [-0.1, -0.05) is 6.92 Å². The molecule has 0 spiro atoms. The molecule has 1 atom stereocenters. The van der Waals surface area contributed by atoms with Crippen molar-refractivity contribution in [1.82, 2.24) is 0 Å². The zero-order valence-corrected chi connectivity index (χ0v) is 9.39. The summed E-state index contributed by atoms with van der Waals surface area (Å²) in [6, 6.07) is 0. The Morgan fingerprint density at radius 2 is 1.81 bits per heavy atom. The molecule has 16 heavy (non-hydrogen) atoms. The lowest BCUT2D eigenvalue weighted by molar-refractivity contribution is -0.152. The van der Waals surface area contributed by atoms with Crippen LogP contribution < -0.4 is 0 Å². The maximum Gasteiger partial charge on any atom is 0.523 e. The van der Waals surface area contributed by atoms with Crippen LogP contribution in [0.25, 0.3) is 0 Å². The monoisotopic (exact) mass is 264 g/mol. The molecule has 0 unspecified atom stereocenters. The molecule has 0 radical (unpaired) electrons. The molecule has 0 saturated heterocycles. The van der Waals surface area contributed by atoms with Crippen LogP contribution in [0, 0.1) is 0 Å². The van der Waals surface area contributed by atoms with Crippen molar-refractivity contribution in [2.24, 2.45) is 0 Å². The molecule has 9 heteroatoms. The van der Waals surface area contributed by atoms with Crippen LogP contribution >= 0.6 is 0 Å². The first-order valence-corrected chi connectivity index (χ1v) is 5.72. The Labute approximate surface area is 90.6 Å². The van der Waals surface area contributed by atoms with Gasteiger partial charge in [0.15, 0.2) is 6.10 Å². The molecule has 0 aromatic heterocycles. The van der Waals surface area contributed by atoms with E-state index in [0.717, 1.165) is 0 Å². The molecule has 0 aromatic carbocycles. The lowest BCUT2D eigenvalue weighted by atomic mass is 10.3. The second kappa shape index (κ2) is 5.48. The SMILES string of the molecule is CCOC(=O)[C@H](CC)OS(=O)(=O)C(F)(F)F. The van der Waals surface area contributed by atoms with Gasteiger partial charge in [0.1, 0.15) is 0 Å². The highest BCUT2D eigenvalue weighted by Gasteiger charge is 2.49. The van der Waals surface area contributed by atoms with E-state index < -0.39 is 27.7 Å². The Bertz CT molecular complexity index is 334. The highest BCUT2D eigenvalue weighted by atomic mass is 32.2. The largest absolute Gasteiger partial charge is 0.523 e. The molecule has 5 nitrogen and oxygen atoms in total. The number of rotatable bonds is 5. The third-order valence-electron chi connectivity index (χ3n) is 1.45. The van der Waals surface area contributed by atoms with E-state index >= 15 is 0 Å². The predicted molar refractivity (Wildman–Crippen MR) is 46.8 cm³/mol. The lowest BCUT2D eigenvalue weighted by Crippen LogP contribution is -2.34. The number of esters is 1. The van der Waals surface area contributed by atoms with Crippen molar-refractivity contribution in [3.63, 3.8) is 0 Å². The van der Waals surface area contributed by atoms with E-state index in [0.29, 0.717) is 0 Å². The molecule has 0 amide bonds. The molecular formula is C7H11F3O5S. The molecule has 96 valence electrons. The summed E-state index contributed by atoms with van der Waals surface area (Å²) in [5, 5.41) is 0. The molecule has 0 rings (SSSR count). The molecule has 0 aliphatic rings. The third kappa shape index (κ3) is 3.97. The fourth-order valence-corrected chi connectivity index (χ4v) is 1.35. The summed E-state index contributed by atoms with van der Waals surface area (Å²) < 4.78 is 65.0. The van der Waals surface area contributed by atoms with Gasteiger partial charge in [0.25, 0.3) is 0 Å². The number of hydrogen-bond donors (Lipinski definition) is 0. The van der Waals surface area contributed by atoms with Gasteiger partial charge in [0.2, 0.25) is 0 Å². The van der Waals surface area contributed by atoms with E-state index in [1.807, 2.05) is 0 Å². The second-order valence-electron chi connectivity index (χ2n) is 2.65. The highest BCUT2D eigenvalue weighted by Crippen LogP contribution is 2.26. The summed E-state index contributed by atoms with van der Waals surface area (Å²) in [4.78, 5) is 11.0. The molecular weight excluding hydrogens is 253 g/mol. The van der Waals surface area contributed by atoms with Gasteiger partial charge in [-0.25, -0.2) is 8.98 Å². The van der Waals surface area contributed by atoms with Crippen molar-refractivity contribution in [1.29, 1.82) is 0 Å². The van der Waals surface area contributed by atoms with Gasteiger partial charge in [-0.15, -0.1) is 0 Å². The number of alkyl halides is 3. The first-order valence-electron chi connectivity index (χ1n) is 4.31. The van der Waals surface area contributed by atoms with E-state index in [2.05, 4.69) is 8.92 Å². The first kappa shape index (κ1) is 15.2. The van der Waals surface area contributed by atoms with Gasteiger partial charge in [0.05, 0.1) is 6.61 Å². The Balaban J connectivity index is 4.75. The minimum atomic E-state index is -5.77. The van der Waals surface area contributed by atoms with E-state index in [1.165, 1.54) is 13.8 Å². The van der Waals surface area contributed by atoms with E-state index in [9.17, 15) is 26.4 Å². The standard InChI is InChI=1S/C7H11F3O5S/c1-3-5(6(11)14-4-2)15-16(12,13)7(8,9)10/h5H,3-4H2,1-2H3/t5-/m0/s1. The zero-order valence-electron chi connectivity index (χ0n) is 8.57. The van der Waals surface area contributed by atoms with Crippen LogP contribution in [0.4, 0.5) is 13.2 Å². The number of hydrogen-bond acceptors (Lipinski definition) is 5. The Morgan fingerprint density at radius 1 is 1.31 bits per heavy atom. The summed E-state index contributed by atoms with van der Waals surface area (Å²) in [7, 11) is -5.77. The van der Waals surface area contributed by atoms with Crippen LogP contribution in [0.1, 0.15) is 20.3 Å². The van der Waals surface area contributed by atoms with Crippen molar-refractivity contribution >= 4 is 16.1 Å². The minimum absolute atomic E-state index is 0.0786. The van der Waals surface area contributed by atoms with Crippen molar-refractivity contribution < 1.29 is 35.3 Å². The van der Waals surface area contributed by atoms with Crippen molar-refractivity contribution in [3.8, 4) is 0 Å². The number of halogens is 3. The summed E-state index contributed by atoms with van der Waals surface area (Å²) in [6.45, 7) is 2.65. The molecule has 0 bridgehead atoms. The molecule has 0 saturated carbocycles. The van der Waals surface area contributed by atoms with Crippen LogP contribution in [0.3, 0.4) is 0 Å². The normalized spacial score (nSPS) is 14.6. The van der Waals surface area contributed by atoms with Crippen molar-refractivity contribution in [2.45, 2.75) is 31.9 Å². The maximum absolute atomic E-state index is 11.9. The quantitative estimate of drug-likeness (QED) is 0.424. The average Bonchev–Trinajstić information content (AvgIpc) is 2.12. The maximum atomic E-state index is 11.9. The molecule has 0 aromatic rings. The number of carbonyl (C=O) groups excluding carboxylic acids is 1. The van der Waals surface area contributed by atoms with E-state index in [1.54, 1.807) is 0 Å². The van der Waals surface area contributed by atoms with Crippen LogP contribution in [-0.2, 0) is 23.8 Å². The molecule has 0 heterocycles. The molecule has 0 aliphatic carbocycles. The van der Waals surface area contributed by atoms with Crippen molar-refractivity contribution in [2.75, 3.05) is 6.61 Å². The van der Waals surface area contributed by atoms with Crippen LogP contribution in [0.2, 0.25) is 0 Å². The fraction of sp³-hybridized carbons (Fsp3) is 0.857. The summed E-state index contributed by atoms with van der Waals surface area (Å²) in [6.07, 6.45) is -2.01. The third-order valence-corrected chi connectivity index (χ3v) is 2.50. The molecule has 0 aliphatic heterocycles. The van der Waals surface area contributed by atoms with Gasteiger partial charge in [-0.05, 0) is 13.3 Å². The Kier molecular flexibility index (Phi) is 5.20. The molecule has 0 fully saturated rings. The average molecular weight is 264 g/mol. The van der Waals surface area contributed by atoms with Crippen LogP contribution in [0.15, 0.2) is 0 Å². The smallest absolute Gasteiger partial charge is 0.464 e. The predicted octanol–water partition coefficient (Wildman–Crippen LogP) is 1.19. The lowest BCUT2D eigenvalue weighted by Gasteiger charge is -2.15. The Hall–Kier alpha value is -0.830. The number of carbonyl (C=O) groups is 1. The molecule has 0 N–H and O–H groups in total. The topological polar surface area (TPSA) is 69.7 Å². The van der Waals surface area contributed by atoms with Crippen molar-refractivity contribution in [3.05, 3.63) is 0 Å². The summed E-state index contributed by atoms with van der Waals surface area (Å²) >= 11 is 0. The fourth-order valence-electron chi connectivity index (χ4n) is 0.717. The van der Waals surface area contributed by atoms with Gasteiger partial charge in [0, 0.05) is 0 Å². The highest BCUT2D eigenvalue weighted by molar-refractivity contribution is 7.87. The minimum Gasteiger partial charge on any atom is -0.464 e. The second-order valence-corrected chi connectivity index (χ2v) is 4.21. The van der Waals surface area contributed by atoms with Crippen LogP contribution in [-0.4, -0.2) is 32.6 Å². The van der Waals surface area contributed by atoms with Gasteiger partial charge in [-0.2, -0.15) is 21.6 Å². The van der Waals surface area contributed by atoms with Gasteiger partial charge in [-0.3, -0.25) is 0 Å². The first-order chi connectivity index (χ1) is 7.15. The number of ether oxygens (including phenoxy) is 1. The summed E-state index contributed by atoms with van der Waals surface area (Å²) in [5.74, 6) is -1.14. The van der Waals surface area contributed by atoms with Gasteiger partial charge >= 0.3 is 21.6 Å². The Morgan fingerprint density at radius 3 is 2.12 bits per heavy atom. The van der Waals surface area contributed by atoms with E-state index in [4.69, 9.17) is 0 Å². The summed E-state index contributed by atoms with van der Waals surface area (Å²) in [5.41, 5.74) is -5.55. The van der Waals surface area contributed by atoms with E-state index in [-0.39, 0.29) is 13.0 Å². The van der Waals surface area contributed by atoms with Crippen LogP contribution in [0.5, 0.6) is 0 Å². The zero-order chi connectivity index (χ0) is 13.0.